The van der Waals surface area contributed by atoms with Crippen LogP contribution in [-0.2, 0) is 0 Å². The molecule has 2 rings (SSSR count). The number of hydrogen-bond donors (Lipinski definition) is 2. The van der Waals surface area contributed by atoms with Crippen molar-refractivity contribution in [2.45, 2.75) is 17.6 Å². The van der Waals surface area contributed by atoms with Crippen molar-refractivity contribution in [3.05, 3.63) is 35.6 Å². The molecule has 0 unspecified atom stereocenters. The predicted molar refractivity (Wildman–Crippen MR) is 81.2 cm³/mol. The Morgan fingerprint density at radius 2 is 1.95 bits per heavy atom. The van der Waals surface area contributed by atoms with Crippen LogP contribution in [0, 0.1) is 5.82 Å². The third-order valence-corrected chi connectivity index (χ3v) is 5.31. The Morgan fingerprint density at radius 1 is 1.38 bits per heavy atom. The molecule has 0 bridgehead atoms. The van der Waals surface area contributed by atoms with Crippen molar-refractivity contribution in [3.8, 4) is 0 Å². The van der Waals surface area contributed by atoms with E-state index in [1.54, 1.807) is 4.90 Å². The van der Waals surface area contributed by atoms with Crippen molar-refractivity contribution in [2.75, 3.05) is 19.3 Å². The van der Waals surface area contributed by atoms with Crippen LogP contribution in [0.4, 0.5) is 4.39 Å². The third-order valence-electron chi connectivity index (χ3n) is 3.91. The average Bonchev–Trinajstić information content (AvgIpc) is 2.54. The summed E-state index contributed by atoms with van der Waals surface area (Å²) in [5.74, 6) is -0.286. The van der Waals surface area contributed by atoms with E-state index in [2.05, 4.69) is 5.16 Å². The fourth-order valence-electron chi connectivity index (χ4n) is 2.50. The zero-order chi connectivity index (χ0) is 15.5. The number of halogens is 1. The van der Waals surface area contributed by atoms with Crippen molar-refractivity contribution in [1.29, 1.82) is 0 Å². The van der Waals surface area contributed by atoms with Crippen LogP contribution in [-0.4, -0.2) is 45.9 Å². The minimum absolute atomic E-state index is 0.121. The van der Waals surface area contributed by atoms with E-state index in [-0.39, 0.29) is 17.6 Å². The molecule has 3 N–H and O–H groups in total. The van der Waals surface area contributed by atoms with Gasteiger partial charge in [-0.15, -0.1) is 0 Å². The van der Waals surface area contributed by atoms with Crippen LogP contribution in [0.5, 0.6) is 0 Å². The molecule has 1 aromatic carbocycles. The van der Waals surface area contributed by atoms with Crippen molar-refractivity contribution >= 4 is 23.5 Å². The number of likely N-dealkylation sites (tertiary alicyclic amines) is 1. The predicted octanol–water partition coefficient (Wildman–Crippen LogP) is 1.91. The molecule has 0 atom stereocenters. The first-order chi connectivity index (χ1) is 10.0. The van der Waals surface area contributed by atoms with E-state index in [0.29, 0.717) is 31.5 Å². The highest BCUT2D eigenvalue weighted by atomic mass is 32.2. The maximum Gasteiger partial charge on any atom is 0.253 e. The first-order valence-electron chi connectivity index (χ1n) is 6.60. The molecule has 7 heteroatoms. The van der Waals surface area contributed by atoms with Gasteiger partial charge in [-0.3, -0.25) is 4.79 Å². The van der Waals surface area contributed by atoms with Gasteiger partial charge in [-0.1, -0.05) is 5.16 Å². The number of oxime groups is 1. The highest BCUT2D eigenvalue weighted by molar-refractivity contribution is 8.00. The van der Waals surface area contributed by atoms with E-state index in [4.69, 9.17) is 10.9 Å². The second-order valence-electron chi connectivity index (χ2n) is 4.98. The molecule has 0 saturated carbocycles. The van der Waals surface area contributed by atoms with Gasteiger partial charge in [0.1, 0.15) is 5.82 Å². The zero-order valence-electron chi connectivity index (χ0n) is 11.8. The number of hydrogen-bond acceptors (Lipinski definition) is 4. The van der Waals surface area contributed by atoms with E-state index in [9.17, 15) is 9.18 Å². The molecule has 1 fully saturated rings. The molecule has 1 saturated heterocycles. The summed E-state index contributed by atoms with van der Waals surface area (Å²) >= 11 is 1.53. The van der Waals surface area contributed by atoms with Gasteiger partial charge in [0.05, 0.1) is 4.75 Å². The van der Waals surface area contributed by atoms with Gasteiger partial charge in [0.25, 0.3) is 5.91 Å². The number of thioether (sulfide) groups is 1. The second-order valence-corrected chi connectivity index (χ2v) is 6.17. The highest BCUT2D eigenvalue weighted by Crippen LogP contribution is 2.35. The number of benzene rings is 1. The molecule has 0 spiro atoms. The van der Waals surface area contributed by atoms with E-state index in [1.165, 1.54) is 36.0 Å². The van der Waals surface area contributed by atoms with Crippen LogP contribution < -0.4 is 5.73 Å². The number of rotatable bonds is 3. The van der Waals surface area contributed by atoms with Crippen LogP contribution in [0.2, 0.25) is 0 Å². The Morgan fingerprint density at radius 3 is 2.43 bits per heavy atom. The number of nitrogens with two attached hydrogens (primary N) is 1. The molecule has 21 heavy (non-hydrogen) atoms. The minimum atomic E-state index is -0.422. The van der Waals surface area contributed by atoms with Crippen LogP contribution >= 0.6 is 11.8 Å². The normalized spacial score (nSPS) is 18.6. The summed E-state index contributed by atoms with van der Waals surface area (Å²) in [6, 6.07) is 5.52. The Hall–Kier alpha value is -1.76. The van der Waals surface area contributed by atoms with E-state index < -0.39 is 4.75 Å². The fourth-order valence-corrected chi connectivity index (χ4v) is 3.34. The standard InChI is InChI=1S/C14H18FN3O2S/c1-21-14(13(16)17-20)6-8-18(9-7-14)12(19)10-2-4-11(15)5-3-10/h2-5,20H,6-9H2,1H3,(H2,16,17). The van der Waals surface area contributed by atoms with E-state index in [1.807, 2.05) is 6.26 Å². The van der Waals surface area contributed by atoms with Gasteiger partial charge < -0.3 is 15.8 Å². The van der Waals surface area contributed by atoms with Gasteiger partial charge in [-0.25, -0.2) is 4.39 Å². The number of piperidine rings is 1. The summed E-state index contributed by atoms with van der Waals surface area (Å²) in [4.78, 5) is 14.1. The monoisotopic (exact) mass is 311 g/mol. The van der Waals surface area contributed by atoms with Crippen molar-refractivity contribution < 1.29 is 14.4 Å². The highest BCUT2D eigenvalue weighted by Gasteiger charge is 2.39. The van der Waals surface area contributed by atoms with Gasteiger partial charge in [0.2, 0.25) is 0 Å². The van der Waals surface area contributed by atoms with E-state index in [0.717, 1.165) is 0 Å². The lowest BCUT2D eigenvalue weighted by Crippen LogP contribution is -2.51. The Labute approximate surface area is 127 Å². The molecular formula is C14H18FN3O2S. The van der Waals surface area contributed by atoms with Gasteiger partial charge >= 0.3 is 0 Å². The minimum Gasteiger partial charge on any atom is -0.409 e. The Bertz CT molecular complexity index is 540. The molecule has 1 aliphatic heterocycles. The number of amidine groups is 1. The van der Waals surface area contributed by atoms with Gasteiger partial charge in [0.15, 0.2) is 5.84 Å². The van der Waals surface area contributed by atoms with Crippen molar-refractivity contribution in [3.63, 3.8) is 0 Å². The molecule has 0 radical (unpaired) electrons. The number of carbonyl (C=O) groups is 1. The summed E-state index contributed by atoms with van der Waals surface area (Å²) in [5, 5.41) is 12.0. The lowest BCUT2D eigenvalue weighted by molar-refractivity contribution is 0.0718. The Balaban J connectivity index is 2.07. The molecule has 1 heterocycles. The summed E-state index contributed by atoms with van der Waals surface area (Å²) in [6.07, 6.45) is 3.16. The first kappa shape index (κ1) is 15.6. The topological polar surface area (TPSA) is 78.9 Å². The molecule has 1 amide bonds. The van der Waals surface area contributed by atoms with Crippen molar-refractivity contribution in [1.82, 2.24) is 4.90 Å². The Kier molecular flexibility index (Phi) is 4.72. The van der Waals surface area contributed by atoms with Crippen LogP contribution in [0.25, 0.3) is 0 Å². The summed E-state index contributed by atoms with van der Waals surface area (Å²) in [6.45, 7) is 1.04. The number of amides is 1. The third kappa shape index (κ3) is 3.12. The van der Waals surface area contributed by atoms with Gasteiger partial charge in [-0.2, -0.15) is 11.8 Å². The summed E-state index contributed by atoms with van der Waals surface area (Å²) in [7, 11) is 0. The van der Waals surface area contributed by atoms with E-state index >= 15 is 0 Å². The van der Waals surface area contributed by atoms with Crippen LogP contribution in [0.1, 0.15) is 23.2 Å². The number of carbonyl (C=O) groups excluding carboxylic acids is 1. The zero-order valence-corrected chi connectivity index (χ0v) is 12.6. The quantitative estimate of drug-likeness (QED) is 0.387. The molecule has 1 aliphatic rings. The largest absolute Gasteiger partial charge is 0.409 e. The maximum atomic E-state index is 12.9. The molecule has 1 aromatic rings. The summed E-state index contributed by atoms with van der Waals surface area (Å²) < 4.78 is 12.5. The van der Waals surface area contributed by atoms with Crippen molar-refractivity contribution in [2.24, 2.45) is 10.9 Å². The fraction of sp³-hybridized carbons (Fsp3) is 0.429. The molecule has 0 aliphatic carbocycles. The molecule has 114 valence electrons. The van der Waals surface area contributed by atoms with Gasteiger partial charge in [0, 0.05) is 18.7 Å². The lowest BCUT2D eigenvalue weighted by Gasteiger charge is -2.39. The summed E-state index contributed by atoms with van der Waals surface area (Å²) in [5.41, 5.74) is 6.25. The van der Waals surface area contributed by atoms with Crippen LogP contribution in [0.15, 0.2) is 29.4 Å². The number of nitrogens with zero attached hydrogens (tertiary/aromatic N) is 2. The molecule has 5 nitrogen and oxygen atoms in total. The lowest BCUT2D eigenvalue weighted by atomic mass is 9.94. The average molecular weight is 311 g/mol. The molecular weight excluding hydrogens is 293 g/mol. The van der Waals surface area contributed by atoms with Crippen LogP contribution in [0.3, 0.4) is 0 Å². The second kappa shape index (κ2) is 6.34. The first-order valence-corrected chi connectivity index (χ1v) is 7.83. The molecule has 0 aromatic heterocycles. The smallest absolute Gasteiger partial charge is 0.253 e. The SMILES string of the molecule is CSC1(C(N)=NO)CCN(C(=O)c2ccc(F)cc2)CC1. The van der Waals surface area contributed by atoms with Gasteiger partial charge in [-0.05, 0) is 43.4 Å². The maximum absolute atomic E-state index is 12.9.